The minimum atomic E-state index is -0.589. The number of methoxy groups -OCH3 is 1. The summed E-state index contributed by atoms with van der Waals surface area (Å²) in [5, 5.41) is 0.111. The molecule has 0 aromatic carbocycles. The van der Waals surface area contributed by atoms with E-state index >= 15 is 0 Å². The number of carbonyl (C=O) groups is 1. The second-order valence-corrected chi connectivity index (χ2v) is 2.92. The van der Waals surface area contributed by atoms with Crippen LogP contribution in [-0.2, 0) is 9.53 Å². The van der Waals surface area contributed by atoms with E-state index in [0.717, 1.165) is 0 Å². The number of hydrogen-bond acceptors (Lipinski definition) is 3. The highest BCUT2D eigenvalue weighted by atomic mass is 35.5. The molecule has 0 bridgehead atoms. The van der Waals surface area contributed by atoms with Crippen LogP contribution in [0.5, 0.6) is 0 Å². The quantitative estimate of drug-likeness (QED) is 0.343. The predicted molar refractivity (Wildman–Crippen MR) is 53.2 cm³/mol. The minimum Gasteiger partial charge on any atom is -0.465 e. The van der Waals surface area contributed by atoms with E-state index in [9.17, 15) is 4.79 Å². The maximum absolute atomic E-state index is 11.0. The van der Waals surface area contributed by atoms with Crippen molar-refractivity contribution in [1.29, 1.82) is 0 Å². The molecule has 2 N–H and O–H groups in total. The van der Waals surface area contributed by atoms with Crippen LogP contribution in [0.25, 0.3) is 0 Å². The van der Waals surface area contributed by atoms with Gasteiger partial charge in [-0.05, 0) is 12.2 Å². The molecule has 0 aliphatic carbocycles. The fourth-order valence-corrected chi connectivity index (χ4v) is 0.745. The number of ether oxygens (including phenoxy) is 1. The second kappa shape index (κ2) is 5.67. The van der Waals surface area contributed by atoms with Gasteiger partial charge in [-0.3, -0.25) is 0 Å². The molecule has 13 heavy (non-hydrogen) atoms. The number of esters is 1. The Morgan fingerprint density at radius 2 is 2.00 bits per heavy atom. The van der Waals surface area contributed by atoms with E-state index in [0.29, 0.717) is 0 Å². The number of allylic oxidation sites excluding steroid dienone is 2. The Balaban J connectivity index is 4.82. The van der Waals surface area contributed by atoms with Gasteiger partial charge in [-0.2, -0.15) is 0 Å². The number of rotatable bonds is 3. The van der Waals surface area contributed by atoms with Crippen molar-refractivity contribution in [3.63, 3.8) is 0 Å². The molecule has 3 nitrogen and oxygen atoms in total. The first-order valence-electron chi connectivity index (χ1n) is 3.25. The van der Waals surface area contributed by atoms with Crippen LogP contribution in [-0.4, -0.2) is 13.1 Å². The van der Waals surface area contributed by atoms with E-state index in [4.69, 9.17) is 28.9 Å². The molecular formula is C8H9Cl2NO2. The van der Waals surface area contributed by atoms with Crippen molar-refractivity contribution in [2.45, 2.75) is 0 Å². The highest BCUT2D eigenvalue weighted by Crippen LogP contribution is 2.14. The molecular weight excluding hydrogens is 213 g/mol. The highest BCUT2D eigenvalue weighted by molar-refractivity contribution is 6.34. The summed E-state index contributed by atoms with van der Waals surface area (Å²) in [6.45, 7) is 3.39. The van der Waals surface area contributed by atoms with Crippen LogP contribution < -0.4 is 5.73 Å². The van der Waals surface area contributed by atoms with Crippen LogP contribution in [0.2, 0.25) is 0 Å². The Labute approximate surface area is 86.4 Å². The average molecular weight is 222 g/mol. The van der Waals surface area contributed by atoms with Crippen molar-refractivity contribution in [1.82, 2.24) is 0 Å². The maximum Gasteiger partial charge on any atom is 0.339 e. The zero-order valence-corrected chi connectivity index (χ0v) is 8.52. The van der Waals surface area contributed by atoms with Gasteiger partial charge in [0.15, 0.2) is 0 Å². The summed E-state index contributed by atoms with van der Waals surface area (Å²) >= 11 is 10.9. The Morgan fingerprint density at radius 3 is 2.31 bits per heavy atom. The lowest BCUT2D eigenvalue weighted by atomic mass is 10.2. The summed E-state index contributed by atoms with van der Waals surface area (Å²) < 4.78 is 4.44. The molecule has 0 aromatic heterocycles. The lowest BCUT2D eigenvalue weighted by molar-refractivity contribution is -0.135. The Morgan fingerprint density at radius 1 is 1.46 bits per heavy atom. The first kappa shape index (κ1) is 12.1. The lowest BCUT2D eigenvalue weighted by Gasteiger charge is -2.00. The monoisotopic (exact) mass is 221 g/mol. The summed E-state index contributed by atoms with van der Waals surface area (Å²) in [6, 6.07) is 0. The van der Waals surface area contributed by atoms with Crippen molar-refractivity contribution in [3.05, 3.63) is 34.5 Å². The largest absolute Gasteiger partial charge is 0.465 e. The van der Waals surface area contributed by atoms with E-state index in [2.05, 4.69) is 11.3 Å². The maximum atomic E-state index is 11.0. The molecule has 0 aliphatic rings. The second-order valence-electron chi connectivity index (χ2n) is 2.03. The van der Waals surface area contributed by atoms with Gasteiger partial charge in [-0.1, -0.05) is 29.8 Å². The summed E-state index contributed by atoms with van der Waals surface area (Å²) in [7, 11) is 1.24. The van der Waals surface area contributed by atoms with Crippen LogP contribution in [0, 0.1) is 0 Å². The zero-order chi connectivity index (χ0) is 10.4. The van der Waals surface area contributed by atoms with Crippen LogP contribution in [0.3, 0.4) is 0 Å². The third-order valence-corrected chi connectivity index (χ3v) is 1.44. The van der Waals surface area contributed by atoms with Crippen molar-refractivity contribution >= 4 is 29.2 Å². The topological polar surface area (TPSA) is 52.3 Å². The molecule has 0 aliphatic heterocycles. The van der Waals surface area contributed by atoms with Gasteiger partial charge >= 0.3 is 5.97 Å². The standard InChI is InChI=1S/C8H9Cl2NO2/c1-5(9)6(8(12)13-2)3-4-7(10)11/h3-4H,1,11H2,2H3/b6-3+,7-4-. The third-order valence-electron chi connectivity index (χ3n) is 1.11. The zero-order valence-electron chi connectivity index (χ0n) is 7.01. The average Bonchev–Trinajstić information content (AvgIpc) is 2.03. The van der Waals surface area contributed by atoms with Gasteiger partial charge in [-0.25, -0.2) is 4.79 Å². The summed E-state index contributed by atoms with van der Waals surface area (Å²) in [6.07, 6.45) is 2.66. The van der Waals surface area contributed by atoms with E-state index in [1.54, 1.807) is 0 Å². The Kier molecular flexibility index (Phi) is 5.26. The first-order valence-corrected chi connectivity index (χ1v) is 4.00. The van der Waals surface area contributed by atoms with E-state index in [1.807, 2.05) is 0 Å². The molecule has 0 amide bonds. The predicted octanol–water partition coefficient (Wildman–Crippen LogP) is 1.88. The first-order chi connectivity index (χ1) is 5.99. The smallest absolute Gasteiger partial charge is 0.339 e. The van der Waals surface area contributed by atoms with Crippen LogP contribution >= 0.6 is 23.2 Å². The fraction of sp³-hybridized carbons (Fsp3) is 0.125. The molecule has 0 heterocycles. The molecule has 0 rings (SSSR count). The normalized spacial score (nSPS) is 12.5. The number of carbonyl (C=O) groups excluding carboxylic acids is 1. The molecule has 0 spiro atoms. The Bertz CT molecular complexity index is 278. The van der Waals surface area contributed by atoms with Crippen molar-refractivity contribution in [2.75, 3.05) is 7.11 Å². The SMILES string of the molecule is C=C(Cl)/C(=C\C=C(/N)Cl)C(=O)OC. The van der Waals surface area contributed by atoms with Gasteiger partial charge in [-0.15, -0.1) is 0 Å². The molecule has 0 unspecified atom stereocenters. The molecule has 0 fully saturated rings. The van der Waals surface area contributed by atoms with Crippen LogP contribution in [0.4, 0.5) is 0 Å². The van der Waals surface area contributed by atoms with Gasteiger partial charge in [0, 0.05) is 5.03 Å². The molecule has 0 radical (unpaired) electrons. The van der Waals surface area contributed by atoms with Gasteiger partial charge in [0.2, 0.25) is 0 Å². The van der Waals surface area contributed by atoms with Crippen molar-refractivity contribution in [3.8, 4) is 0 Å². The van der Waals surface area contributed by atoms with Gasteiger partial charge in [0.25, 0.3) is 0 Å². The van der Waals surface area contributed by atoms with Crippen LogP contribution in [0.1, 0.15) is 0 Å². The third kappa shape index (κ3) is 4.60. The molecule has 5 heteroatoms. The van der Waals surface area contributed by atoms with Gasteiger partial charge in [0.1, 0.15) is 0 Å². The number of nitrogens with two attached hydrogens (primary N) is 1. The number of halogens is 2. The molecule has 0 aromatic rings. The molecule has 0 saturated carbocycles. The number of hydrogen-bond donors (Lipinski definition) is 1. The summed E-state index contributed by atoms with van der Waals surface area (Å²) in [5.74, 6) is -0.589. The van der Waals surface area contributed by atoms with E-state index < -0.39 is 5.97 Å². The molecule has 72 valence electrons. The van der Waals surface area contributed by atoms with Gasteiger partial charge < -0.3 is 10.5 Å². The van der Waals surface area contributed by atoms with Gasteiger partial charge in [0.05, 0.1) is 17.8 Å². The van der Waals surface area contributed by atoms with Crippen molar-refractivity contribution < 1.29 is 9.53 Å². The fourth-order valence-electron chi connectivity index (χ4n) is 0.542. The van der Waals surface area contributed by atoms with E-state index in [1.165, 1.54) is 19.3 Å². The highest BCUT2D eigenvalue weighted by Gasteiger charge is 2.10. The lowest BCUT2D eigenvalue weighted by Crippen LogP contribution is -2.04. The van der Waals surface area contributed by atoms with Crippen LogP contribution in [0.15, 0.2) is 34.5 Å². The minimum absolute atomic E-state index is 0.0410. The van der Waals surface area contributed by atoms with E-state index in [-0.39, 0.29) is 15.8 Å². The summed E-state index contributed by atoms with van der Waals surface area (Å²) in [4.78, 5) is 11.0. The Hall–Kier alpha value is -0.930. The molecule has 0 saturated heterocycles. The molecule has 0 atom stereocenters. The van der Waals surface area contributed by atoms with Crippen molar-refractivity contribution in [2.24, 2.45) is 5.73 Å². The summed E-state index contributed by atoms with van der Waals surface area (Å²) in [5.41, 5.74) is 5.26.